The second-order valence-electron chi connectivity index (χ2n) is 7.62. The Balaban J connectivity index is 1.77. The van der Waals surface area contributed by atoms with E-state index in [0.717, 1.165) is 5.75 Å². The Morgan fingerprint density at radius 1 is 0.742 bits per heavy atom. The average Bonchev–Trinajstić information content (AvgIpc) is 2.83. The van der Waals surface area contributed by atoms with Crippen molar-refractivity contribution >= 4 is 56.9 Å². The fourth-order valence-corrected chi connectivity index (χ4v) is 6.18. The predicted octanol–water partition coefficient (Wildman–Crippen LogP) is 8.85. The van der Waals surface area contributed by atoms with Gasteiger partial charge in [0.1, 0.15) is 0 Å². The number of hydrogen-bond donors (Lipinski definition) is 0. The molecule has 31 heavy (non-hydrogen) atoms. The maximum absolute atomic E-state index is 2.42. The van der Waals surface area contributed by atoms with Crippen LogP contribution in [-0.2, 0) is 0 Å². The second kappa shape index (κ2) is 8.86. The van der Waals surface area contributed by atoms with Gasteiger partial charge in [0.05, 0.1) is 11.4 Å². The van der Waals surface area contributed by atoms with E-state index in [1.807, 2.05) is 23.5 Å². The summed E-state index contributed by atoms with van der Waals surface area (Å²) in [6, 6.07) is 33.0. The molecule has 0 fully saturated rings. The molecule has 0 spiro atoms. The van der Waals surface area contributed by atoms with E-state index in [1.165, 1.54) is 55.2 Å². The van der Waals surface area contributed by atoms with Crippen LogP contribution in [-0.4, -0.2) is 12.0 Å². The van der Waals surface area contributed by atoms with Crippen molar-refractivity contribution in [2.45, 2.75) is 13.3 Å². The highest BCUT2D eigenvalue weighted by Gasteiger charge is 2.29. The maximum atomic E-state index is 2.42. The third-order valence-corrected chi connectivity index (χ3v) is 8.15. The fourth-order valence-electron chi connectivity index (χ4n) is 4.28. The fraction of sp³-hybridized carbons (Fsp3) is 0.143. The molecule has 0 aromatic heterocycles. The van der Waals surface area contributed by atoms with Crippen molar-refractivity contribution < 1.29 is 0 Å². The van der Waals surface area contributed by atoms with Gasteiger partial charge in [0.25, 0.3) is 0 Å². The number of rotatable bonds is 5. The molecule has 0 N–H and O–H groups in total. The molecule has 5 rings (SSSR count). The van der Waals surface area contributed by atoms with Gasteiger partial charge in [-0.3, -0.25) is 0 Å². The zero-order valence-corrected chi connectivity index (χ0v) is 19.5. The van der Waals surface area contributed by atoms with E-state index in [1.54, 1.807) is 0 Å². The molecule has 154 valence electrons. The summed E-state index contributed by atoms with van der Waals surface area (Å²) in [5.41, 5.74) is 7.67. The molecule has 3 heteroatoms. The molecule has 4 aromatic rings. The number of nitrogens with zero attached hydrogens (tertiary/aromatic N) is 1. The Hall–Kier alpha value is -2.62. The van der Waals surface area contributed by atoms with E-state index in [4.69, 9.17) is 0 Å². The van der Waals surface area contributed by atoms with Crippen molar-refractivity contribution in [3.8, 4) is 0 Å². The van der Waals surface area contributed by atoms with Crippen molar-refractivity contribution in [1.29, 1.82) is 0 Å². The summed E-state index contributed by atoms with van der Waals surface area (Å²) in [6.07, 6.45) is 3.38. The van der Waals surface area contributed by atoms with E-state index in [2.05, 4.69) is 109 Å². The van der Waals surface area contributed by atoms with Crippen LogP contribution in [0.1, 0.15) is 24.5 Å². The first kappa shape index (κ1) is 20.3. The molecule has 1 heterocycles. The number of thioether (sulfide) groups is 2. The molecule has 0 saturated carbocycles. The van der Waals surface area contributed by atoms with Gasteiger partial charge in [0.15, 0.2) is 0 Å². The number of para-hydroxylation sites is 2. The molecule has 0 aliphatic carbocycles. The highest BCUT2D eigenvalue weighted by molar-refractivity contribution is 8.22. The summed E-state index contributed by atoms with van der Waals surface area (Å²) in [4.78, 5) is 2.42. The normalized spacial score (nSPS) is 12.6. The van der Waals surface area contributed by atoms with Crippen LogP contribution in [0, 0.1) is 0 Å². The van der Waals surface area contributed by atoms with Crippen LogP contribution in [0.3, 0.4) is 0 Å². The maximum Gasteiger partial charge on any atom is 0.0541 e. The lowest BCUT2D eigenvalue weighted by atomic mass is 9.90. The Bertz CT molecular complexity index is 1230. The zero-order chi connectivity index (χ0) is 21.2. The summed E-state index contributed by atoms with van der Waals surface area (Å²) in [5.74, 6) is 1.14. The highest BCUT2D eigenvalue weighted by Crippen LogP contribution is 2.52. The largest absolute Gasteiger partial charge is 0.309 e. The number of fused-ring (bicyclic) bond motifs is 3. The molecule has 1 aliphatic rings. The van der Waals surface area contributed by atoms with Crippen molar-refractivity contribution in [2.24, 2.45) is 0 Å². The summed E-state index contributed by atoms with van der Waals surface area (Å²) in [5, 5.41) is 2.53. The van der Waals surface area contributed by atoms with Crippen molar-refractivity contribution in [1.82, 2.24) is 0 Å². The third-order valence-electron chi connectivity index (χ3n) is 5.65. The minimum Gasteiger partial charge on any atom is -0.309 e. The van der Waals surface area contributed by atoms with E-state index in [9.17, 15) is 0 Å². The average molecular weight is 440 g/mol. The minimum absolute atomic E-state index is 1.14. The van der Waals surface area contributed by atoms with Gasteiger partial charge in [0.2, 0.25) is 0 Å². The molecule has 0 saturated heterocycles. The van der Waals surface area contributed by atoms with Gasteiger partial charge in [0, 0.05) is 26.6 Å². The van der Waals surface area contributed by atoms with Crippen LogP contribution in [0.15, 0.2) is 95.2 Å². The standard InChI is InChI=1S/C28H25NS2/c1-3-18-31-28(30-2)27-23-12-6-8-14-25(23)29(26-15-9-7-13-24(26)27)22-17-16-20-10-4-5-11-21(20)19-22/h4-17,19H,3,18H2,1-2H3. The van der Waals surface area contributed by atoms with Crippen LogP contribution < -0.4 is 4.90 Å². The van der Waals surface area contributed by atoms with E-state index in [-0.39, 0.29) is 0 Å². The Kier molecular flexibility index (Phi) is 5.80. The van der Waals surface area contributed by atoms with Gasteiger partial charge in [-0.25, -0.2) is 0 Å². The molecule has 1 nitrogen and oxygen atoms in total. The Morgan fingerprint density at radius 3 is 2.00 bits per heavy atom. The van der Waals surface area contributed by atoms with Crippen LogP contribution in [0.4, 0.5) is 17.1 Å². The monoisotopic (exact) mass is 439 g/mol. The first-order chi connectivity index (χ1) is 15.3. The molecule has 0 amide bonds. The van der Waals surface area contributed by atoms with Crippen LogP contribution in [0.25, 0.3) is 16.3 Å². The molecular formula is C28H25NS2. The lowest BCUT2D eigenvalue weighted by Gasteiger charge is -2.35. The Labute approximate surface area is 193 Å². The second-order valence-corrected chi connectivity index (χ2v) is 9.80. The molecular weight excluding hydrogens is 414 g/mol. The molecule has 0 atom stereocenters. The molecule has 0 bridgehead atoms. The van der Waals surface area contributed by atoms with E-state index in [0.29, 0.717) is 0 Å². The number of anilines is 3. The predicted molar refractivity (Wildman–Crippen MR) is 141 cm³/mol. The van der Waals surface area contributed by atoms with Crippen molar-refractivity contribution in [3.63, 3.8) is 0 Å². The minimum atomic E-state index is 1.14. The highest BCUT2D eigenvalue weighted by atomic mass is 32.2. The van der Waals surface area contributed by atoms with E-state index < -0.39 is 0 Å². The van der Waals surface area contributed by atoms with Crippen molar-refractivity contribution in [2.75, 3.05) is 16.9 Å². The molecule has 4 aromatic carbocycles. The zero-order valence-electron chi connectivity index (χ0n) is 17.8. The van der Waals surface area contributed by atoms with Crippen LogP contribution in [0.5, 0.6) is 0 Å². The van der Waals surface area contributed by atoms with Gasteiger partial charge in [-0.05, 0) is 53.5 Å². The lowest BCUT2D eigenvalue weighted by Crippen LogP contribution is -2.18. The van der Waals surface area contributed by atoms with Crippen molar-refractivity contribution in [3.05, 3.63) is 106 Å². The number of benzene rings is 4. The summed E-state index contributed by atoms with van der Waals surface area (Å²) in [6.45, 7) is 2.25. The van der Waals surface area contributed by atoms with Crippen LogP contribution >= 0.6 is 23.5 Å². The third kappa shape index (κ3) is 3.66. The topological polar surface area (TPSA) is 3.24 Å². The van der Waals surface area contributed by atoms with Gasteiger partial charge < -0.3 is 4.90 Å². The molecule has 0 unspecified atom stereocenters. The number of hydrogen-bond acceptors (Lipinski definition) is 3. The first-order valence-corrected chi connectivity index (χ1v) is 12.9. The lowest BCUT2D eigenvalue weighted by molar-refractivity contribution is 1.11. The van der Waals surface area contributed by atoms with Gasteiger partial charge >= 0.3 is 0 Å². The quantitative estimate of drug-likeness (QED) is 0.269. The first-order valence-electron chi connectivity index (χ1n) is 10.7. The summed E-state index contributed by atoms with van der Waals surface area (Å²) < 4.78 is 1.40. The van der Waals surface area contributed by atoms with Gasteiger partial charge in [-0.2, -0.15) is 0 Å². The SMILES string of the molecule is CCCSC(SC)=C1c2ccccc2N(c2ccc3ccccc3c2)c2ccccc21. The van der Waals surface area contributed by atoms with E-state index >= 15 is 0 Å². The Morgan fingerprint density at radius 2 is 1.35 bits per heavy atom. The molecule has 0 radical (unpaired) electrons. The smallest absolute Gasteiger partial charge is 0.0541 e. The van der Waals surface area contributed by atoms with Gasteiger partial charge in [-0.1, -0.05) is 73.7 Å². The van der Waals surface area contributed by atoms with Gasteiger partial charge in [-0.15, -0.1) is 23.5 Å². The van der Waals surface area contributed by atoms with Crippen LogP contribution in [0.2, 0.25) is 0 Å². The summed E-state index contributed by atoms with van der Waals surface area (Å²) in [7, 11) is 0. The molecule has 1 aliphatic heterocycles. The summed E-state index contributed by atoms with van der Waals surface area (Å²) >= 11 is 3.84.